The van der Waals surface area contributed by atoms with Crippen molar-refractivity contribution in [1.29, 1.82) is 0 Å². The average molecular weight is 220 g/mol. The van der Waals surface area contributed by atoms with Crippen LogP contribution in [0, 0.1) is 6.92 Å². The van der Waals surface area contributed by atoms with Gasteiger partial charge in [0.05, 0.1) is 0 Å². The van der Waals surface area contributed by atoms with Gasteiger partial charge in [-0.2, -0.15) is 0 Å². The van der Waals surface area contributed by atoms with E-state index in [0.717, 1.165) is 26.2 Å². The second kappa shape index (κ2) is 6.54. The van der Waals surface area contributed by atoms with Crippen molar-refractivity contribution in [3.63, 3.8) is 0 Å². The van der Waals surface area contributed by atoms with Gasteiger partial charge < -0.3 is 9.80 Å². The van der Waals surface area contributed by atoms with Crippen molar-refractivity contribution in [3.8, 4) is 0 Å². The van der Waals surface area contributed by atoms with E-state index in [0.29, 0.717) is 0 Å². The third-order valence-electron chi connectivity index (χ3n) is 3.17. The van der Waals surface area contributed by atoms with Gasteiger partial charge in [-0.3, -0.25) is 0 Å². The number of anilines is 1. The molecule has 1 aromatic carbocycles. The fraction of sp³-hybridized carbons (Fsp3) is 0.571. The van der Waals surface area contributed by atoms with Gasteiger partial charge >= 0.3 is 0 Å². The Kier molecular flexibility index (Phi) is 5.33. The summed E-state index contributed by atoms with van der Waals surface area (Å²) in [4.78, 5) is 4.79. The third-order valence-corrected chi connectivity index (χ3v) is 3.17. The Morgan fingerprint density at radius 3 is 2.19 bits per heavy atom. The lowest BCUT2D eigenvalue weighted by molar-refractivity contribution is 0.311. The summed E-state index contributed by atoms with van der Waals surface area (Å²) in [7, 11) is 2.17. The molecule has 90 valence electrons. The Morgan fingerprint density at radius 2 is 1.62 bits per heavy atom. The molecule has 0 heterocycles. The van der Waals surface area contributed by atoms with E-state index in [9.17, 15) is 0 Å². The molecule has 0 bridgehead atoms. The van der Waals surface area contributed by atoms with Gasteiger partial charge in [0.1, 0.15) is 0 Å². The molecule has 0 saturated carbocycles. The minimum Gasteiger partial charge on any atom is -0.373 e. The Bertz CT molecular complexity index is 305. The molecule has 2 nitrogen and oxygen atoms in total. The summed E-state index contributed by atoms with van der Waals surface area (Å²) in [5.74, 6) is 0. The topological polar surface area (TPSA) is 6.48 Å². The largest absolute Gasteiger partial charge is 0.373 e. The normalized spacial score (nSPS) is 10.8. The quantitative estimate of drug-likeness (QED) is 0.727. The van der Waals surface area contributed by atoms with E-state index in [1.807, 2.05) is 0 Å². The van der Waals surface area contributed by atoms with Gasteiger partial charge in [0.15, 0.2) is 0 Å². The van der Waals surface area contributed by atoms with Gasteiger partial charge in [0, 0.05) is 25.8 Å². The van der Waals surface area contributed by atoms with Crippen molar-refractivity contribution >= 4 is 5.69 Å². The standard InChI is InChI=1S/C14H24N2/c1-5-16(6-2)12-11-15(4)14-10-8-7-9-13(14)3/h7-10H,5-6,11-12H2,1-4H3. The number of para-hydroxylation sites is 1. The lowest BCUT2D eigenvalue weighted by Gasteiger charge is -2.25. The molecule has 1 rings (SSSR count). The van der Waals surface area contributed by atoms with Gasteiger partial charge in [-0.25, -0.2) is 0 Å². The van der Waals surface area contributed by atoms with Crippen LogP contribution in [0.15, 0.2) is 24.3 Å². The van der Waals surface area contributed by atoms with Gasteiger partial charge in [0.2, 0.25) is 0 Å². The highest BCUT2D eigenvalue weighted by molar-refractivity contribution is 5.52. The van der Waals surface area contributed by atoms with Crippen molar-refractivity contribution in [1.82, 2.24) is 4.90 Å². The molecule has 0 unspecified atom stereocenters. The van der Waals surface area contributed by atoms with Gasteiger partial charge in [-0.05, 0) is 31.6 Å². The smallest absolute Gasteiger partial charge is 0.0393 e. The maximum absolute atomic E-state index is 2.45. The maximum atomic E-state index is 2.45. The minimum absolute atomic E-state index is 1.09. The van der Waals surface area contributed by atoms with Crippen LogP contribution >= 0.6 is 0 Å². The van der Waals surface area contributed by atoms with E-state index in [-0.39, 0.29) is 0 Å². The molecule has 1 aromatic rings. The van der Waals surface area contributed by atoms with Gasteiger partial charge in [-0.15, -0.1) is 0 Å². The van der Waals surface area contributed by atoms with Crippen molar-refractivity contribution in [2.24, 2.45) is 0 Å². The Hall–Kier alpha value is -1.02. The molecule has 0 radical (unpaired) electrons. The van der Waals surface area contributed by atoms with E-state index in [4.69, 9.17) is 0 Å². The highest BCUT2D eigenvalue weighted by Gasteiger charge is 2.05. The van der Waals surface area contributed by atoms with Crippen LogP contribution in [0.4, 0.5) is 5.69 Å². The third kappa shape index (κ3) is 3.53. The number of rotatable bonds is 6. The van der Waals surface area contributed by atoms with Crippen LogP contribution in [0.25, 0.3) is 0 Å². The van der Waals surface area contributed by atoms with Gasteiger partial charge in [0.25, 0.3) is 0 Å². The molecule has 16 heavy (non-hydrogen) atoms. The van der Waals surface area contributed by atoms with E-state index in [2.05, 4.69) is 61.9 Å². The number of hydrogen-bond acceptors (Lipinski definition) is 2. The van der Waals surface area contributed by atoms with Crippen molar-refractivity contribution < 1.29 is 0 Å². The highest BCUT2D eigenvalue weighted by atomic mass is 15.2. The number of likely N-dealkylation sites (N-methyl/N-ethyl adjacent to an activating group) is 2. The lowest BCUT2D eigenvalue weighted by Crippen LogP contribution is -2.33. The summed E-state index contributed by atoms with van der Waals surface area (Å²) in [5.41, 5.74) is 2.69. The average Bonchev–Trinajstić information content (AvgIpc) is 2.30. The SMILES string of the molecule is CCN(CC)CCN(C)c1ccccc1C. The van der Waals surface area contributed by atoms with Crippen molar-refractivity contribution in [2.75, 3.05) is 38.1 Å². The highest BCUT2D eigenvalue weighted by Crippen LogP contribution is 2.17. The monoisotopic (exact) mass is 220 g/mol. The first kappa shape index (κ1) is 13.0. The minimum atomic E-state index is 1.09. The second-order valence-corrected chi connectivity index (χ2v) is 4.23. The number of hydrogen-bond donors (Lipinski definition) is 0. The predicted molar refractivity (Wildman–Crippen MR) is 72.2 cm³/mol. The van der Waals surface area contributed by atoms with Crippen LogP contribution in [-0.4, -0.2) is 38.1 Å². The predicted octanol–water partition coefficient (Wildman–Crippen LogP) is 2.77. The zero-order chi connectivity index (χ0) is 12.0. The molecule has 0 aliphatic heterocycles. The van der Waals surface area contributed by atoms with Crippen LogP contribution in [0.3, 0.4) is 0 Å². The molecule has 0 saturated heterocycles. The fourth-order valence-corrected chi connectivity index (χ4v) is 1.94. The first-order valence-corrected chi connectivity index (χ1v) is 6.18. The summed E-state index contributed by atoms with van der Waals surface area (Å²) in [5, 5.41) is 0. The molecule has 0 aliphatic carbocycles. The Labute approximate surface area is 99.9 Å². The first-order valence-electron chi connectivity index (χ1n) is 6.18. The van der Waals surface area contributed by atoms with Crippen molar-refractivity contribution in [3.05, 3.63) is 29.8 Å². The molecule has 0 aliphatic rings. The number of benzene rings is 1. The van der Waals surface area contributed by atoms with Crippen LogP contribution in [0.1, 0.15) is 19.4 Å². The Morgan fingerprint density at radius 1 is 1.00 bits per heavy atom. The molecule has 0 atom stereocenters. The second-order valence-electron chi connectivity index (χ2n) is 4.23. The Balaban J connectivity index is 2.52. The summed E-state index contributed by atoms with van der Waals surface area (Å²) in [6, 6.07) is 8.56. The molecule has 0 aromatic heterocycles. The van der Waals surface area contributed by atoms with Crippen molar-refractivity contribution in [2.45, 2.75) is 20.8 Å². The molecule has 0 N–H and O–H groups in total. The zero-order valence-corrected chi connectivity index (χ0v) is 11.0. The summed E-state index contributed by atoms with van der Waals surface area (Å²) in [6.07, 6.45) is 0. The number of nitrogens with zero attached hydrogens (tertiary/aromatic N) is 2. The van der Waals surface area contributed by atoms with Crippen LogP contribution < -0.4 is 4.90 Å². The van der Waals surface area contributed by atoms with E-state index in [1.165, 1.54) is 11.3 Å². The summed E-state index contributed by atoms with van der Waals surface area (Å²) < 4.78 is 0. The fourth-order valence-electron chi connectivity index (χ4n) is 1.94. The summed E-state index contributed by atoms with van der Waals surface area (Å²) >= 11 is 0. The van der Waals surface area contributed by atoms with Gasteiger partial charge in [-0.1, -0.05) is 32.0 Å². The number of aryl methyl sites for hydroxylation is 1. The van der Waals surface area contributed by atoms with Crippen LogP contribution in [0.5, 0.6) is 0 Å². The zero-order valence-electron chi connectivity index (χ0n) is 11.0. The molecule has 2 heteroatoms. The lowest BCUT2D eigenvalue weighted by atomic mass is 10.2. The van der Waals surface area contributed by atoms with Crippen LogP contribution in [0.2, 0.25) is 0 Å². The molecular weight excluding hydrogens is 196 g/mol. The van der Waals surface area contributed by atoms with E-state index >= 15 is 0 Å². The molecule has 0 fully saturated rings. The summed E-state index contributed by atoms with van der Waals surface area (Å²) in [6.45, 7) is 11.1. The van der Waals surface area contributed by atoms with Crippen LogP contribution in [-0.2, 0) is 0 Å². The van der Waals surface area contributed by atoms with E-state index in [1.54, 1.807) is 0 Å². The maximum Gasteiger partial charge on any atom is 0.0393 e. The molecular formula is C14H24N2. The molecule has 0 amide bonds. The molecule has 0 spiro atoms. The van der Waals surface area contributed by atoms with E-state index < -0.39 is 0 Å². The first-order chi connectivity index (χ1) is 7.69.